The minimum atomic E-state index is -0.365. The highest BCUT2D eigenvalue weighted by Crippen LogP contribution is 2.24. The van der Waals surface area contributed by atoms with Crippen LogP contribution >= 0.6 is 12.2 Å². The van der Waals surface area contributed by atoms with Crippen LogP contribution in [0.25, 0.3) is 0 Å². The Morgan fingerprint density at radius 1 is 1.58 bits per heavy atom. The number of nitrogens with zero attached hydrogens (tertiary/aromatic N) is 1. The van der Waals surface area contributed by atoms with Crippen molar-refractivity contribution in [1.82, 2.24) is 0 Å². The Hall–Kier alpha value is -1.24. The maximum absolute atomic E-state index is 14.1. The van der Waals surface area contributed by atoms with Gasteiger partial charge in [-0.3, -0.25) is 0 Å². The highest BCUT2D eigenvalue weighted by molar-refractivity contribution is 7.80. The van der Waals surface area contributed by atoms with Crippen LogP contribution in [0.5, 0.6) is 0 Å². The first kappa shape index (κ1) is 14.2. The second-order valence-corrected chi connectivity index (χ2v) is 5.13. The molecule has 0 radical (unpaired) electrons. The van der Waals surface area contributed by atoms with Crippen molar-refractivity contribution in [1.29, 1.82) is 0 Å². The third-order valence-corrected chi connectivity index (χ3v) is 3.34. The van der Waals surface area contributed by atoms with E-state index in [0.29, 0.717) is 24.3 Å². The number of hydrogen-bond donors (Lipinski definition) is 2. The predicted molar refractivity (Wildman–Crippen MR) is 75.9 cm³/mol. The smallest absolute Gasteiger partial charge is 0.147 e. The number of benzene rings is 1. The summed E-state index contributed by atoms with van der Waals surface area (Å²) in [4.78, 5) is 2.04. The van der Waals surface area contributed by atoms with Crippen molar-refractivity contribution in [3.63, 3.8) is 0 Å². The topological polar surface area (TPSA) is 58.7 Å². The van der Waals surface area contributed by atoms with Gasteiger partial charge in [-0.2, -0.15) is 0 Å². The molecule has 0 amide bonds. The zero-order valence-electron chi connectivity index (χ0n) is 10.7. The van der Waals surface area contributed by atoms with E-state index < -0.39 is 0 Å². The van der Waals surface area contributed by atoms with Gasteiger partial charge in [0.15, 0.2) is 0 Å². The SMILES string of the molecule is CC1CN(c2ccc(C(N)=S)cc2F)CC(CO)O1. The molecular weight excluding hydrogens is 267 g/mol. The van der Waals surface area contributed by atoms with Gasteiger partial charge in [-0.25, -0.2) is 4.39 Å². The average molecular weight is 284 g/mol. The molecule has 2 atom stereocenters. The van der Waals surface area contributed by atoms with Crippen LogP contribution in [0.3, 0.4) is 0 Å². The van der Waals surface area contributed by atoms with E-state index in [0.717, 1.165) is 0 Å². The van der Waals surface area contributed by atoms with Crippen LogP contribution in [-0.4, -0.2) is 42.0 Å². The Morgan fingerprint density at radius 2 is 2.32 bits per heavy atom. The van der Waals surface area contributed by atoms with Crippen molar-refractivity contribution < 1.29 is 14.2 Å². The molecule has 1 aliphatic heterocycles. The molecule has 6 heteroatoms. The van der Waals surface area contributed by atoms with Gasteiger partial charge in [0.05, 0.1) is 24.5 Å². The number of anilines is 1. The Kier molecular flexibility index (Phi) is 4.34. The Bertz CT molecular complexity index is 484. The van der Waals surface area contributed by atoms with Gasteiger partial charge in [0, 0.05) is 18.7 Å². The lowest BCUT2D eigenvalue weighted by Crippen LogP contribution is -2.48. The highest BCUT2D eigenvalue weighted by atomic mass is 32.1. The third kappa shape index (κ3) is 3.20. The summed E-state index contributed by atoms with van der Waals surface area (Å²) in [5, 5.41) is 9.18. The zero-order valence-corrected chi connectivity index (χ0v) is 11.5. The number of thiocarbonyl (C=S) groups is 1. The Labute approximate surface area is 117 Å². The molecule has 4 nitrogen and oxygen atoms in total. The van der Waals surface area contributed by atoms with Crippen molar-refractivity contribution in [2.45, 2.75) is 19.1 Å². The Morgan fingerprint density at radius 3 is 2.89 bits per heavy atom. The quantitative estimate of drug-likeness (QED) is 0.812. The molecule has 1 aromatic rings. The number of halogens is 1. The summed E-state index contributed by atoms with van der Waals surface area (Å²) in [6, 6.07) is 4.71. The highest BCUT2D eigenvalue weighted by Gasteiger charge is 2.26. The molecule has 2 unspecified atom stereocenters. The number of aliphatic hydroxyl groups is 1. The number of ether oxygens (including phenoxy) is 1. The number of nitrogens with two attached hydrogens (primary N) is 1. The maximum Gasteiger partial charge on any atom is 0.147 e. The molecule has 1 fully saturated rings. The number of morpholine rings is 1. The van der Waals surface area contributed by atoms with Crippen LogP contribution in [0.2, 0.25) is 0 Å². The molecule has 1 saturated heterocycles. The predicted octanol–water partition coefficient (Wildman–Crippen LogP) is 1.05. The first-order valence-corrected chi connectivity index (χ1v) is 6.52. The van der Waals surface area contributed by atoms with E-state index in [1.807, 2.05) is 11.8 Å². The van der Waals surface area contributed by atoms with Gasteiger partial charge in [-0.05, 0) is 25.1 Å². The van der Waals surface area contributed by atoms with Crippen LogP contribution in [0.15, 0.2) is 18.2 Å². The number of hydrogen-bond acceptors (Lipinski definition) is 4. The van der Waals surface area contributed by atoms with E-state index in [4.69, 9.17) is 22.7 Å². The molecular formula is C13H17FN2O2S. The molecule has 1 aliphatic rings. The lowest BCUT2D eigenvalue weighted by atomic mass is 10.1. The normalized spacial score (nSPS) is 23.4. The van der Waals surface area contributed by atoms with Crippen LogP contribution in [-0.2, 0) is 4.74 Å². The summed E-state index contributed by atoms with van der Waals surface area (Å²) in [6.45, 7) is 2.87. The van der Waals surface area contributed by atoms with E-state index >= 15 is 0 Å². The molecule has 0 bridgehead atoms. The molecule has 1 aromatic carbocycles. The van der Waals surface area contributed by atoms with Gasteiger partial charge in [0.1, 0.15) is 10.8 Å². The Balaban J connectivity index is 2.23. The minimum absolute atomic E-state index is 0.0550. The maximum atomic E-state index is 14.1. The summed E-state index contributed by atoms with van der Waals surface area (Å²) >= 11 is 4.82. The van der Waals surface area contributed by atoms with Gasteiger partial charge in [-0.1, -0.05) is 12.2 Å². The van der Waals surface area contributed by atoms with E-state index in [-0.39, 0.29) is 29.6 Å². The van der Waals surface area contributed by atoms with Gasteiger partial charge in [0.25, 0.3) is 0 Å². The molecule has 0 aromatic heterocycles. The lowest BCUT2D eigenvalue weighted by molar-refractivity contribution is -0.0422. The van der Waals surface area contributed by atoms with Crippen LogP contribution in [0.1, 0.15) is 12.5 Å². The summed E-state index contributed by atoms with van der Waals surface area (Å²) < 4.78 is 19.6. The summed E-state index contributed by atoms with van der Waals surface area (Å²) in [6.07, 6.45) is -0.348. The molecule has 3 N–H and O–H groups in total. The monoisotopic (exact) mass is 284 g/mol. The molecule has 104 valence electrons. The average Bonchev–Trinajstić information content (AvgIpc) is 2.37. The standard InChI is InChI=1S/C13H17FN2O2S/c1-8-5-16(6-10(7-17)18-8)12-3-2-9(13(15)19)4-11(12)14/h2-4,8,10,17H,5-7H2,1H3,(H2,15,19). The fraction of sp³-hybridized carbons (Fsp3) is 0.462. The summed E-state index contributed by atoms with van der Waals surface area (Å²) in [5.74, 6) is -0.365. The van der Waals surface area contributed by atoms with E-state index in [1.165, 1.54) is 6.07 Å². The third-order valence-electron chi connectivity index (χ3n) is 3.10. The lowest BCUT2D eigenvalue weighted by Gasteiger charge is -2.37. The van der Waals surface area contributed by atoms with Gasteiger partial charge < -0.3 is 20.5 Å². The first-order valence-electron chi connectivity index (χ1n) is 6.12. The van der Waals surface area contributed by atoms with Crippen molar-refractivity contribution >= 4 is 22.9 Å². The molecule has 2 rings (SSSR count). The van der Waals surface area contributed by atoms with E-state index in [2.05, 4.69) is 0 Å². The zero-order chi connectivity index (χ0) is 14.0. The van der Waals surface area contributed by atoms with Gasteiger partial charge in [0.2, 0.25) is 0 Å². The molecule has 0 spiro atoms. The largest absolute Gasteiger partial charge is 0.394 e. The van der Waals surface area contributed by atoms with Crippen molar-refractivity contribution in [2.75, 3.05) is 24.6 Å². The van der Waals surface area contributed by atoms with Crippen molar-refractivity contribution in [3.8, 4) is 0 Å². The first-order chi connectivity index (χ1) is 9.01. The van der Waals surface area contributed by atoms with Crippen molar-refractivity contribution in [2.24, 2.45) is 5.73 Å². The molecule has 0 saturated carbocycles. The van der Waals surface area contributed by atoms with E-state index in [1.54, 1.807) is 12.1 Å². The van der Waals surface area contributed by atoms with Gasteiger partial charge >= 0.3 is 0 Å². The van der Waals surface area contributed by atoms with Crippen LogP contribution in [0.4, 0.5) is 10.1 Å². The van der Waals surface area contributed by atoms with Crippen LogP contribution < -0.4 is 10.6 Å². The van der Waals surface area contributed by atoms with Crippen LogP contribution in [0, 0.1) is 5.82 Å². The van der Waals surface area contributed by atoms with E-state index in [9.17, 15) is 9.50 Å². The number of aliphatic hydroxyl groups excluding tert-OH is 1. The minimum Gasteiger partial charge on any atom is -0.394 e. The second kappa shape index (κ2) is 5.81. The van der Waals surface area contributed by atoms with Gasteiger partial charge in [-0.15, -0.1) is 0 Å². The fourth-order valence-corrected chi connectivity index (χ4v) is 2.39. The molecule has 1 heterocycles. The summed E-state index contributed by atoms with van der Waals surface area (Å²) in [7, 11) is 0. The molecule has 0 aliphatic carbocycles. The summed E-state index contributed by atoms with van der Waals surface area (Å²) in [5.41, 5.74) is 6.47. The number of rotatable bonds is 3. The fourth-order valence-electron chi connectivity index (χ4n) is 2.26. The second-order valence-electron chi connectivity index (χ2n) is 4.69. The molecule has 19 heavy (non-hydrogen) atoms. The van der Waals surface area contributed by atoms with Crippen molar-refractivity contribution in [3.05, 3.63) is 29.6 Å².